The quantitative estimate of drug-likeness (QED) is 0.0407. The first-order chi connectivity index (χ1) is 44.3. The molecule has 1 aliphatic rings. The van der Waals surface area contributed by atoms with Crippen LogP contribution in [0.3, 0.4) is 0 Å². The summed E-state index contributed by atoms with van der Waals surface area (Å²) in [4.78, 5) is 54.1. The van der Waals surface area contributed by atoms with Crippen LogP contribution in [-0.4, -0.2) is 143 Å². The number of hydrogen-bond acceptors (Lipinski definition) is 20. The summed E-state index contributed by atoms with van der Waals surface area (Å²) in [6.45, 7) is 24.3. The van der Waals surface area contributed by atoms with Crippen LogP contribution in [0, 0.1) is 11.3 Å². The van der Waals surface area contributed by atoms with E-state index < -0.39 is 23.3 Å². The fourth-order valence-corrected chi connectivity index (χ4v) is 11.5. The minimum Gasteiger partial charge on any atom is -0.481 e. The van der Waals surface area contributed by atoms with E-state index in [0.29, 0.717) is 36.3 Å². The number of nitriles is 1. The Bertz CT molecular complexity index is 4640. The van der Waals surface area contributed by atoms with E-state index in [1.807, 2.05) is 99.3 Å². The number of pyridine rings is 6. The first kappa shape index (κ1) is 67.5. The molecule has 1 saturated heterocycles. The number of halogens is 3. The third kappa shape index (κ3) is 16.0. The van der Waals surface area contributed by atoms with Gasteiger partial charge in [0.25, 0.3) is 0 Å². The van der Waals surface area contributed by atoms with E-state index in [9.17, 15) is 0 Å². The van der Waals surface area contributed by atoms with Gasteiger partial charge in [0.2, 0.25) is 34.0 Å². The van der Waals surface area contributed by atoms with Crippen LogP contribution in [0.25, 0.3) is 88.3 Å². The maximum Gasteiger partial charge on any atom is 0.498 e. The van der Waals surface area contributed by atoms with E-state index >= 15 is 0 Å². The molecular formula is C64H70BCl3N16O7Si2. The molecule has 0 saturated carbocycles. The number of fused-ring (bicyclic) bond motifs is 9. The average molecular weight is 1350 g/mol. The van der Waals surface area contributed by atoms with Crippen LogP contribution in [0.2, 0.25) is 67.1 Å². The van der Waals surface area contributed by atoms with E-state index in [-0.39, 0.29) is 27.6 Å². The van der Waals surface area contributed by atoms with Crippen LogP contribution in [-0.2, 0) is 32.2 Å². The van der Waals surface area contributed by atoms with Crippen LogP contribution in [0.5, 0.6) is 17.6 Å². The van der Waals surface area contributed by atoms with E-state index in [4.69, 9.17) is 78.0 Å². The number of nitrogens with one attached hydrogen (secondary N) is 1. The van der Waals surface area contributed by atoms with Crippen molar-refractivity contribution < 1.29 is 33.0 Å². The molecule has 0 amide bonds. The lowest BCUT2D eigenvalue weighted by Crippen LogP contribution is -2.41. The summed E-state index contributed by atoms with van der Waals surface area (Å²) < 4.78 is 43.5. The normalized spacial score (nSPS) is 13.6. The zero-order valence-electron chi connectivity index (χ0n) is 53.9. The van der Waals surface area contributed by atoms with Gasteiger partial charge in [-0.15, -0.1) is 0 Å². The summed E-state index contributed by atoms with van der Waals surface area (Å²) in [6.07, 6.45) is 15.2. The Hall–Kier alpha value is -8.36. The summed E-state index contributed by atoms with van der Waals surface area (Å²) in [6, 6.07) is 21.5. The highest BCUT2D eigenvalue weighted by Crippen LogP contribution is 2.37. The van der Waals surface area contributed by atoms with Gasteiger partial charge in [0.15, 0.2) is 0 Å². The number of nitrogens with zero attached hydrogens (tertiary/aromatic N) is 15. The Morgan fingerprint density at radius 1 is 0.527 bits per heavy atom. The molecule has 0 bridgehead atoms. The minimum atomic E-state index is -1.16. The molecule has 13 rings (SSSR count). The maximum atomic E-state index is 8.62. The van der Waals surface area contributed by atoms with Gasteiger partial charge in [0, 0.05) is 152 Å². The largest absolute Gasteiger partial charge is 0.498 e. The van der Waals surface area contributed by atoms with E-state index in [0.717, 1.165) is 119 Å². The van der Waals surface area contributed by atoms with Gasteiger partial charge in [-0.3, -0.25) is 0 Å². The van der Waals surface area contributed by atoms with Gasteiger partial charge in [-0.05, 0) is 99.4 Å². The molecule has 480 valence electrons. The lowest BCUT2D eigenvalue weighted by atomic mass is 9.81. The monoisotopic (exact) mass is 1350 g/mol. The van der Waals surface area contributed by atoms with Crippen molar-refractivity contribution in [2.45, 2.75) is 104 Å². The highest BCUT2D eigenvalue weighted by atomic mass is 35.5. The van der Waals surface area contributed by atoms with Crippen LogP contribution in [0.1, 0.15) is 33.5 Å². The molecule has 1 fully saturated rings. The molecule has 0 atom stereocenters. The topological polar surface area (TPSA) is 269 Å². The smallest absolute Gasteiger partial charge is 0.481 e. The predicted molar refractivity (Wildman–Crippen MR) is 369 cm³/mol. The molecule has 13 heterocycles. The Balaban J connectivity index is 0.000000138. The van der Waals surface area contributed by atoms with Crippen LogP contribution < -0.4 is 19.7 Å². The molecule has 0 aromatic carbocycles. The summed E-state index contributed by atoms with van der Waals surface area (Å²) in [5.41, 5.74) is 8.40. The lowest BCUT2D eigenvalue weighted by Gasteiger charge is -2.32. The van der Waals surface area contributed by atoms with Crippen molar-refractivity contribution in [1.82, 2.24) is 73.9 Å². The van der Waals surface area contributed by atoms with Crippen LogP contribution in [0.4, 0.5) is 0 Å². The van der Waals surface area contributed by atoms with Gasteiger partial charge in [0.05, 0.1) is 60.5 Å². The highest BCUT2D eigenvalue weighted by molar-refractivity contribution is 6.76. The van der Waals surface area contributed by atoms with Gasteiger partial charge >= 0.3 is 7.12 Å². The second-order valence-electron chi connectivity index (χ2n) is 25.1. The van der Waals surface area contributed by atoms with Crippen molar-refractivity contribution in [1.29, 1.82) is 5.26 Å². The second kappa shape index (κ2) is 28.5. The number of hydrogen-bond donors (Lipinski definition) is 1. The minimum absolute atomic E-state index is 0.144. The Morgan fingerprint density at radius 2 is 0.968 bits per heavy atom. The fraction of sp³-hybridized carbons (Fsp3) is 0.328. The van der Waals surface area contributed by atoms with Gasteiger partial charge in [-0.1, -0.05) is 50.9 Å². The summed E-state index contributed by atoms with van der Waals surface area (Å²) >= 11 is 17.6. The van der Waals surface area contributed by atoms with Crippen molar-refractivity contribution >= 4 is 129 Å². The number of methoxy groups -OCH3 is 3. The molecule has 12 aromatic rings. The van der Waals surface area contributed by atoms with E-state index in [1.165, 1.54) is 0 Å². The summed E-state index contributed by atoms with van der Waals surface area (Å²) in [7, 11) is 2.06. The molecule has 29 heteroatoms. The second-order valence-corrected chi connectivity index (χ2v) is 37.4. The molecule has 0 unspecified atom stereocenters. The first-order valence-electron chi connectivity index (χ1n) is 29.7. The Morgan fingerprint density at radius 3 is 1.44 bits per heavy atom. The molecule has 1 aliphatic heterocycles. The van der Waals surface area contributed by atoms with Crippen LogP contribution >= 0.6 is 34.8 Å². The van der Waals surface area contributed by atoms with Crippen molar-refractivity contribution in [3.63, 3.8) is 0 Å². The summed E-state index contributed by atoms with van der Waals surface area (Å²) in [5.74, 6) is 1.83. The van der Waals surface area contributed by atoms with Crippen molar-refractivity contribution in [3.8, 4) is 46.2 Å². The number of ether oxygens (including phenoxy) is 5. The maximum absolute atomic E-state index is 8.62. The highest BCUT2D eigenvalue weighted by Gasteiger charge is 2.52. The number of rotatable bonds is 16. The zero-order valence-corrected chi connectivity index (χ0v) is 58.2. The SMILES string of the molecule is CC1(C)OB(c2cnc(C#N)nc2)OC1(C)C.COc1cc2[nH]c3nc(-c4cnc(Cl)nc4)ccc3c2cn1.COc1cc2c(cn1)c1ccc(-c3cnc(Cl)nc3)nc1n2COCC[Si](C)(C)C.COc1cc2c(cn1)c1ccc(Cl)nc1n2COCC[Si](C)(C)C. The van der Waals surface area contributed by atoms with Gasteiger partial charge in [0.1, 0.15) is 41.6 Å². The molecule has 12 aromatic heterocycles. The number of H-pyrrole nitrogens is 1. The van der Waals surface area contributed by atoms with Crippen molar-refractivity contribution in [3.05, 3.63) is 132 Å². The zero-order chi connectivity index (χ0) is 66.4. The average Bonchev–Trinajstić information content (AvgIpc) is 1.60. The van der Waals surface area contributed by atoms with Crippen molar-refractivity contribution in [2.24, 2.45) is 0 Å². The Kier molecular flexibility index (Phi) is 20.7. The lowest BCUT2D eigenvalue weighted by molar-refractivity contribution is 0.00578. The molecular weight excluding hydrogens is 1280 g/mol. The molecule has 1 N–H and O–H groups in total. The van der Waals surface area contributed by atoms with Gasteiger partial charge in [-0.2, -0.15) is 5.26 Å². The number of aromatic nitrogens is 15. The van der Waals surface area contributed by atoms with Crippen LogP contribution in [0.15, 0.2) is 110 Å². The Labute approximate surface area is 554 Å². The third-order valence-electron chi connectivity index (χ3n) is 15.6. The fourth-order valence-electron chi connectivity index (χ4n) is 9.67. The van der Waals surface area contributed by atoms with E-state index in [1.54, 1.807) is 70.8 Å². The molecule has 93 heavy (non-hydrogen) atoms. The molecule has 0 aliphatic carbocycles. The first-order valence-corrected chi connectivity index (χ1v) is 38.2. The third-order valence-corrected chi connectivity index (χ3v) is 19.6. The predicted octanol–water partition coefficient (Wildman–Crippen LogP) is 13.5. The van der Waals surface area contributed by atoms with Gasteiger partial charge < -0.3 is 47.1 Å². The molecule has 0 radical (unpaired) electrons. The number of aromatic amines is 1. The summed E-state index contributed by atoms with van der Waals surface area (Å²) in [5, 5.41) is 15.6. The van der Waals surface area contributed by atoms with E-state index in [2.05, 4.69) is 104 Å². The standard InChI is InChI=1S/C21H24ClN5O2Si.C17H22ClN3O2Si.C15H10ClN5O.C11H14BN3O2/c1-28-19-9-18-16(12-23-19)15-5-6-17(14-10-24-21(22)25-11-14)26-20(15)27(18)13-29-7-8-30(2,3)4;1-22-16-9-14-13(10-19-16)12-5-6-15(18)20-17(12)21(14)11-23-7-8-24(2,3)4;1-22-13-4-12-10(7-17-13)9-2-3-11(20-14(9)21-12)8-5-18-15(16)19-6-8;1-10(2)11(3,4)17-12(16-10)8-6-14-9(5-13)15-7-8/h5-6,9-12H,7-8,13H2,1-4H3;5-6,9-10H,7-8,11H2,1-4H3;2-7H,1H3,(H,20,21);6-7H,1-4H3. The molecule has 23 nitrogen and oxygen atoms in total. The van der Waals surface area contributed by atoms with Gasteiger partial charge in [-0.25, -0.2) is 59.8 Å². The molecule has 0 spiro atoms. The van der Waals surface area contributed by atoms with Crippen molar-refractivity contribution in [2.75, 3.05) is 34.5 Å².